The Balaban J connectivity index is 2.22. The van der Waals surface area contributed by atoms with E-state index in [2.05, 4.69) is 60.5 Å². The average molecular weight is 311 g/mol. The van der Waals surface area contributed by atoms with E-state index in [0.29, 0.717) is 0 Å². The first-order valence-electron chi connectivity index (χ1n) is 7.44. The van der Waals surface area contributed by atoms with Crippen LogP contribution in [0.2, 0.25) is 0 Å². The monoisotopic (exact) mass is 311 g/mol. The molecule has 1 rings (SSSR count). The van der Waals surface area contributed by atoms with Gasteiger partial charge in [-0.25, -0.2) is 4.98 Å². The molecule has 0 aliphatic carbocycles. The van der Waals surface area contributed by atoms with Crippen molar-refractivity contribution in [3.05, 3.63) is 15.6 Å². The van der Waals surface area contributed by atoms with Gasteiger partial charge in [0.2, 0.25) is 0 Å². The minimum Gasteiger partial charge on any atom is -0.356 e. The largest absolute Gasteiger partial charge is 0.356 e. The van der Waals surface area contributed by atoms with Gasteiger partial charge in [-0.3, -0.25) is 4.99 Å². The maximum Gasteiger partial charge on any atom is 0.191 e. The molecule has 3 N–H and O–H groups in total. The second-order valence-corrected chi connectivity index (χ2v) is 7.39. The third-order valence-electron chi connectivity index (χ3n) is 3.00. The molecule has 6 heteroatoms. The van der Waals surface area contributed by atoms with Crippen molar-refractivity contribution in [2.24, 2.45) is 4.99 Å². The number of hydrogen-bond donors (Lipinski definition) is 3. The van der Waals surface area contributed by atoms with E-state index < -0.39 is 0 Å². The third kappa shape index (κ3) is 7.43. The van der Waals surface area contributed by atoms with Crippen LogP contribution in [0.25, 0.3) is 0 Å². The number of aromatic nitrogens is 1. The SMILES string of the molecule is CN=C(NCCNC(C)(C)C)NCCc1nc(C)c(C)s1. The van der Waals surface area contributed by atoms with Crippen LogP contribution in [0.1, 0.15) is 36.3 Å². The van der Waals surface area contributed by atoms with Crippen LogP contribution < -0.4 is 16.0 Å². The van der Waals surface area contributed by atoms with Crippen LogP contribution in [-0.2, 0) is 6.42 Å². The van der Waals surface area contributed by atoms with Crippen LogP contribution in [0, 0.1) is 13.8 Å². The Morgan fingerprint density at radius 2 is 1.81 bits per heavy atom. The molecule has 0 amide bonds. The molecule has 1 aromatic heterocycles. The molecule has 0 aromatic carbocycles. The van der Waals surface area contributed by atoms with Crippen molar-refractivity contribution >= 4 is 17.3 Å². The first-order chi connectivity index (χ1) is 9.81. The molecule has 0 fully saturated rings. The van der Waals surface area contributed by atoms with Crippen molar-refractivity contribution in [3.8, 4) is 0 Å². The molecule has 0 radical (unpaired) electrons. The molecule has 120 valence electrons. The maximum atomic E-state index is 4.54. The quantitative estimate of drug-likeness (QED) is 0.426. The molecule has 0 saturated carbocycles. The van der Waals surface area contributed by atoms with E-state index in [0.717, 1.165) is 37.7 Å². The molecular formula is C15H29N5S. The molecule has 21 heavy (non-hydrogen) atoms. The third-order valence-corrected chi connectivity index (χ3v) is 4.13. The molecule has 0 aliphatic rings. The van der Waals surface area contributed by atoms with Gasteiger partial charge in [0.05, 0.1) is 10.7 Å². The summed E-state index contributed by atoms with van der Waals surface area (Å²) in [6.07, 6.45) is 0.931. The van der Waals surface area contributed by atoms with Gasteiger partial charge in [-0.2, -0.15) is 0 Å². The lowest BCUT2D eigenvalue weighted by atomic mass is 10.1. The number of rotatable bonds is 6. The molecule has 0 unspecified atom stereocenters. The number of aryl methyl sites for hydroxylation is 2. The normalized spacial score (nSPS) is 12.6. The minimum atomic E-state index is 0.152. The summed E-state index contributed by atoms with van der Waals surface area (Å²) in [5.41, 5.74) is 1.30. The van der Waals surface area contributed by atoms with Crippen LogP contribution >= 0.6 is 11.3 Å². The highest BCUT2D eigenvalue weighted by Gasteiger charge is 2.07. The van der Waals surface area contributed by atoms with Crippen LogP contribution in [0.4, 0.5) is 0 Å². The maximum absolute atomic E-state index is 4.54. The highest BCUT2D eigenvalue weighted by Crippen LogP contribution is 2.16. The van der Waals surface area contributed by atoms with Gasteiger partial charge >= 0.3 is 0 Å². The highest BCUT2D eigenvalue weighted by atomic mass is 32.1. The Labute approximate surface area is 132 Å². The van der Waals surface area contributed by atoms with Crippen LogP contribution in [0.3, 0.4) is 0 Å². The van der Waals surface area contributed by atoms with Crippen molar-refractivity contribution in [2.45, 2.75) is 46.6 Å². The van der Waals surface area contributed by atoms with Gasteiger partial charge in [0.25, 0.3) is 0 Å². The molecule has 1 aromatic rings. The summed E-state index contributed by atoms with van der Waals surface area (Å²) in [5, 5.41) is 11.2. The fraction of sp³-hybridized carbons (Fsp3) is 0.733. The number of nitrogens with one attached hydrogen (secondary N) is 3. The second-order valence-electron chi connectivity index (χ2n) is 6.10. The first kappa shape index (κ1) is 17.9. The highest BCUT2D eigenvalue weighted by molar-refractivity contribution is 7.11. The van der Waals surface area contributed by atoms with Crippen LogP contribution in [0.15, 0.2) is 4.99 Å². The summed E-state index contributed by atoms with van der Waals surface area (Å²) < 4.78 is 0. The molecule has 0 saturated heterocycles. The Morgan fingerprint density at radius 3 is 2.33 bits per heavy atom. The van der Waals surface area contributed by atoms with Gasteiger partial charge in [0, 0.05) is 43.5 Å². The lowest BCUT2D eigenvalue weighted by molar-refractivity contribution is 0.428. The predicted octanol–water partition coefficient (Wildman–Crippen LogP) is 1.86. The van der Waals surface area contributed by atoms with Crippen LogP contribution in [-0.4, -0.2) is 43.2 Å². The van der Waals surface area contributed by atoms with E-state index in [1.807, 2.05) is 0 Å². The Bertz CT molecular complexity index is 440. The van der Waals surface area contributed by atoms with Gasteiger partial charge in [0.1, 0.15) is 0 Å². The van der Waals surface area contributed by atoms with Gasteiger partial charge in [0.15, 0.2) is 5.96 Å². The fourth-order valence-electron chi connectivity index (χ4n) is 1.77. The van der Waals surface area contributed by atoms with Crippen LogP contribution in [0.5, 0.6) is 0 Å². The van der Waals surface area contributed by atoms with E-state index in [4.69, 9.17) is 0 Å². The molecule has 0 bridgehead atoms. The lowest BCUT2D eigenvalue weighted by Gasteiger charge is -2.21. The smallest absolute Gasteiger partial charge is 0.191 e. The molecular weight excluding hydrogens is 282 g/mol. The lowest BCUT2D eigenvalue weighted by Crippen LogP contribution is -2.44. The minimum absolute atomic E-state index is 0.152. The molecule has 0 aliphatic heterocycles. The van der Waals surface area contributed by atoms with E-state index in [1.165, 1.54) is 9.88 Å². The van der Waals surface area contributed by atoms with Gasteiger partial charge in [-0.1, -0.05) is 0 Å². The number of nitrogens with zero attached hydrogens (tertiary/aromatic N) is 2. The Morgan fingerprint density at radius 1 is 1.14 bits per heavy atom. The average Bonchev–Trinajstić information content (AvgIpc) is 2.70. The topological polar surface area (TPSA) is 61.3 Å². The number of thiazole rings is 1. The standard InChI is InChI=1S/C15H29N5S/c1-11-12(2)21-13(20-11)7-8-17-14(16-6)18-9-10-19-15(3,4)5/h19H,7-10H2,1-6H3,(H2,16,17,18). The second kappa shape index (κ2) is 8.34. The van der Waals surface area contributed by atoms with Gasteiger partial charge in [-0.05, 0) is 34.6 Å². The fourth-order valence-corrected chi connectivity index (χ4v) is 2.71. The summed E-state index contributed by atoms with van der Waals surface area (Å²) in [7, 11) is 1.80. The van der Waals surface area contributed by atoms with E-state index in [9.17, 15) is 0 Å². The summed E-state index contributed by atoms with van der Waals surface area (Å²) in [6.45, 7) is 13.3. The van der Waals surface area contributed by atoms with E-state index in [1.54, 1.807) is 18.4 Å². The molecule has 1 heterocycles. The molecule has 0 spiro atoms. The Kier molecular flexibility index (Phi) is 7.11. The van der Waals surface area contributed by atoms with Crippen molar-refractivity contribution < 1.29 is 0 Å². The predicted molar refractivity (Wildman–Crippen MR) is 92.4 cm³/mol. The zero-order valence-electron chi connectivity index (χ0n) is 14.1. The van der Waals surface area contributed by atoms with E-state index in [-0.39, 0.29) is 5.54 Å². The zero-order chi connectivity index (χ0) is 15.9. The van der Waals surface area contributed by atoms with Gasteiger partial charge in [-0.15, -0.1) is 11.3 Å². The molecule has 0 atom stereocenters. The number of aliphatic imine (C=N–C) groups is 1. The molecule has 5 nitrogen and oxygen atoms in total. The number of hydrogen-bond acceptors (Lipinski definition) is 4. The summed E-state index contributed by atoms with van der Waals surface area (Å²) >= 11 is 1.78. The van der Waals surface area contributed by atoms with Crippen molar-refractivity contribution in [2.75, 3.05) is 26.7 Å². The Hall–Kier alpha value is -1.14. The van der Waals surface area contributed by atoms with Crippen molar-refractivity contribution in [1.29, 1.82) is 0 Å². The summed E-state index contributed by atoms with van der Waals surface area (Å²) in [4.78, 5) is 10.1. The van der Waals surface area contributed by atoms with Gasteiger partial charge < -0.3 is 16.0 Å². The van der Waals surface area contributed by atoms with Crippen molar-refractivity contribution in [3.63, 3.8) is 0 Å². The first-order valence-corrected chi connectivity index (χ1v) is 8.26. The van der Waals surface area contributed by atoms with E-state index >= 15 is 0 Å². The number of guanidine groups is 1. The summed E-state index contributed by atoms with van der Waals surface area (Å²) in [5.74, 6) is 0.843. The van der Waals surface area contributed by atoms with Crippen molar-refractivity contribution in [1.82, 2.24) is 20.9 Å². The summed E-state index contributed by atoms with van der Waals surface area (Å²) in [6, 6.07) is 0. The zero-order valence-corrected chi connectivity index (χ0v) is 14.9.